The number of nitrogens with zero attached hydrogens (tertiary/aromatic N) is 4. The molecule has 4 aromatic rings. The number of imidazole rings is 1. The second kappa shape index (κ2) is 6.00. The minimum Gasteiger partial charge on any atom is -0.340 e. The Labute approximate surface area is 139 Å². The van der Waals surface area contributed by atoms with Crippen molar-refractivity contribution in [3.8, 4) is 0 Å². The lowest BCUT2D eigenvalue weighted by Gasteiger charge is -2.07. The average molecular weight is 316 g/mol. The Bertz CT molecular complexity index is 963. The molecule has 0 fully saturated rings. The fraction of sp³-hybridized carbons (Fsp3) is 0.0556. The van der Waals surface area contributed by atoms with E-state index in [-0.39, 0.29) is 0 Å². The lowest BCUT2D eigenvalue weighted by molar-refractivity contribution is 0.958. The largest absolute Gasteiger partial charge is 0.340 e. The molecule has 24 heavy (non-hydrogen) atoms. The van der Waals surface area contributed by atoms with Gasteiger partial charge in [-0.3, -0.25) is 4.98 Å². The van der Waals surface area contributed by atoms with E-state index in [1.54, 1.807) is 18.6 Å². The highest BCUT2D eigenvalue weighted by Crippen LogP contribution is 2.24. The molecule has 6 nitrogen and oxygen atoms in total. The number of nitrogens with one attached hydrogen (secondary N) is 2. The molecule has 0 saturated heterocycles. The highest BCUT2D eigenvalue weighted by atomic mass is 15.2. The van der Waals surface area contributed by atoms with Crippen LogP contribution in [0.15, 0.2) is 67.1 Å². The summed E-state index contributed by atoms with van der Waals surface area (Å²) in [7, 11) is 1.98. The third-order valence-electron chi connectivity index (χ3n) is 3.75. The first-order valence-corrected chi connectivity index (χ1v) is 7.61. The molecule has 0 amide bonds. The van der Waals surface area contributed by atoms with Gasteiger partial charge < -0.3 is 15.2 Å². The number of aromatic nitrogens is 4. The van der Waals surface area contributed by atoms with Crippen LogP contribution >= 0.6 is 0 Å². The average Bonchev–Trinajstić information content (AvgIpc) is 2.93. The van der Waals surface area contributed by atoms with E-state index in [0.717, 1.165) is 34.2 Å². The van der Waals surface area contributed by atoms with Gasteiger partial charge >= 0.3 is 0 Å². The van der Waals surface area contributed by atoms with Crippen LogP contribution in [-0.4, -0.2) is 19.5 Å². The van der Waals surface area contributed by atoms with Gasteiger partial charge in [0, 0.05) is 36.9 Å². The van der Waals surface area contributed by atoms with E-state index in [1.807, 2.05) is 60.1 Å². The Hall–Kier alpha value is -3.41. The van der Waals surface area contributed by atoms with Crippen molar-refractivity contribution in [2.24, 2.45) is 7.05 Å². The van der Waals surface area contributed by atoms with Gasteiger partial charge in [0.05, 0.1) is 11.7 Å². The number of para-hydroxylation sites is 1. The Morgan fingerprint density at radius 1 is 0.917 bits per heavy atom. The molecule has 0 aliphatic carbocycles. The Kier molecular flexibility index (Phi) is 3.55. The molecule has 2 N–H and O–H groups in total. The Balaban J connectivity index is 1.66. The van der Waals surface area contributed by atoms with E-state index in [2.05, 4.69) is 25.6 Å². The SMILES string of the molecule is Cn1c(Nc2ccccc2)nc2cnc(Nc3ccncc3)cc21. The summed E-state index contributed by atoms with van der Waals surface area (Å²) in [6, 6.07) is 15.8. The summed E-state index contributed by atoms with van der Waals surface area (Å²) in [5.74, 6) is 1.54. The molecule has 4 rings (SSSR count). The first-order chi connectivity index (χ1) is 11.8. The first kappa shape index (κ1) is 14.2. The van der Waals surface area contributed by atoms with Gasteiger partial charge in [0.1, 0.15) is 11.3 Å². The molecule has 0 unspecified atom stereocenters. The van der Waals surface area contributed by atoms with Crippen LogP contribution in [0.2, 0.25) is 0 Å². The minimum atomic E-state index is 0.767. The fourth-order valence-corrected chi connectivity index (χ4v) is 2.51. The molecule has 0 aliphatic rings. The molecule has 0 atom stereocenters. The van der Waals surface area contributed by atoms with Crippen molar-refractivity contribution in [2.75, 3.05) is 10.6 Å². The molecule has 3 aromatic heterocycles. The molecule has 3 heterocycles. The number of hydrogen-bond acceptors (Lipinski definition) is 5. The summed E-state index contributed by atoms with van der Waals surface area (Å²) in [6.07, 6.45) is 5.26. The number of benzene rings is 1. The summed E-state index contributed by atoms with van der Waals surface area (Å²) in [5.41, 5.74) is 3.79. The number of hydrogen-bond donors (Lipinski definition) is 2. The van der Waals surface area contributed by atoms with Gasteiger partial charge in [-0.25, -0.2) is 9.97 Å². The number of fused-ring (bicyclic) bond motifs is 1. The number of pyridine rings is 2. The fourth-order valence-electron chi connectivity index (χ4n) is 2.51. The van der Waals surface area contributed by atoms with Gasteiger partial charge in [0.2, 0.25) is 5.95 Å². The smallest absolute Gasteiger partial charge is 0.208 e. The van der Waals surface area contributed by atoms with Crippen LogP contribution in [0.5, 0.6) is 0 Å². The lowest BCUT2D eigenvalue weighted by Crippen LogP contribution is -1.99. The van der Waals surface area contributed by atoms with E-state index < -0.39 is 0 Å². The molecule has 0 aliphatic heterocycles. The second-order valence-electron chi connectivity index (χ2n) is 5.40. The highest BCUT2D eigenvalue weighted by molar-refractivity contribution is 5.81. The van der Waals surface area contributed by atoms with Crippen molar-refractivity contribution >= 4 is 34.2 Å². The van der Waals surface area contributed by atoms with Crippen LogP contribution in [0.25, 0.3) is 11.0 Å². The van der Waals surface area contributed by atoms with Crippen LogP contribution in [0.3, 0.4) is 0 Å². The number of anilines is 4. The molecule has 1 aromatic carbocycles. The van der Waals surface area contributed by atoms with Crippen molar-refractivity contribution in [2.45, 2.75) is 0 Å². The molecule has 6 heteroatoms. The van der Waals surface area contributed by atoms with Gasteiger partial charge in [-0.15, -0.1) is 0 Å². The third kappa shape index (κ3) is 2.77. The summed E-state index contributed by atoms with van der Waals surface area (Å²) in [6.45, 7) is 0. The lowest BCUT2D eigenvalue weighted by atomic mass is 10.3. The van der Waals surface area contributed by atoms with Crippen molar-refractivity contribution in [3.63, 3.8) is 0 Å². The number of aryl methyl sites for hydroxylation is 1. The molecule has 0 saturated carbocycles. The summed E-state index contributed by atoms with van der Waals surface area (Å²) >= 11 is 0. The van der Waals surface area contributed by atoms with Gasteiger partial charge in [-0.1, -0.05) is 18.2 Å². The van der Waals surface area contributed by atoms with E-state index in [0.29, 0.717) is 0 Å². The topological polar surface area (TPSA) is 67.7 Å². The van der Waals surface area contributed by atoms with Crippen molar-refractivity contribution in [1.29, 1.82) is 0 Å². The Morgan fingerprint density at radius 3 is 2.46 bits per heavy atom. The molecule has 118 valence electrons. The van der Waals surface area contributed by atoms with E-state index in [9.17, 15) is 0 Å². The Morgan fingerprint density at radius 2 is 1.67 bits per heavy atom. The van der Waals surface area contributed by atoms with Gasteiger partial charge in [-0.05, 0) is 24.3 Å². The van der Waals surface area contributed by atoms with Crippen LogP contribution in [0.1, 0.15) is 0 Å². The molecular formula is C18H16N6. The van der Waals surface area contributed by atoms with Crippen molar-refractivity contribution < 1.29 is 0 Å². The first-order valence-electron chi connectivity index (χ1n) is 7.61. The van der Waals surface area contributed by atoms with Crippen LogP contribution < -0.4 is 10.6 Å². The monoisotopic (exact) mass is 316 g/mol. The van der Waals surface area contributed by atoms with Crippen molar-refractivity contribution in [3.05, 3.63) is 67.1 Å². The maximum atomic E-state index is 4.61. The van der Waals surface area contributed by atoms with Crippen LogP contribution in [0.4, 0.5) is 23.1 Å². The van der Waals surface area contributed by atoms with Gasteiger partial charge in [0.15, 0.2) is 0 Å². The normalized spacial score (nSPS) is 10.7. The summed E-state index contributed by atoms with van der Waals surface area (Å²) in [4.78, 5) is 13.0. The summed E-state index contributed by atoms with van der Waals surface area (Å²) < 4.78 is 2.02. The molecular weight excluding hydrogens is 300 g/mol. The zero-order chi connectivity index (χ0) is 16.4. The highest BCUT2D eigenvalue weighted by Gasteiger charge is 2.09. The zero-order valence-corrected chi connectivity index (χ0v) is 13.1. The third-order valence-corrected chi connectivity index (χ3v) is 3.75. The van der Waals surface area contributed by atoms with Crippen molar-refractivity contribution in [1.82, 2.24) is 19.5 Å². The second-order valence-corrected chi connectivity index (χ2v) is 5.40. The predicted molar refractivity (Wildman–Crippen MR) is 95.8 cm³/mol. The maximum absolute atomic E-state index is 4.61. The maximum Gasteiger partial charge on any atom is 0.208 e. The van der Waals surface area contributed by atoms with Gasteiger partial charge in [-0.2, -0.15) is 0 Å². The van der Waals surface area contributed by atoms with E-state index in [4.69, 9.17) is 0 Å². The molecule has 0 spiro atoms. The summed E-state index contributed by atoms with van der Waals surface area (Å²) in [5, 5.41) is 6.60. The van der Waals surface area contributed by atoms with E-state index >= 15 is 0 Å². The van der Waals surface area contributed by atoms with Crippen LogP contribution in [-0.2, 0) is 7.05 Å². The number of rotatable bonds is 4. The minimum absolute atomic E-state index is 0.767. The standard InChI is InChI=1S/C18H16N6/c1-24-16-11-17(21-14-7-9-19-10-8-14)20-12-15(16)23-18(24)22-13-5-3-2-4-6-13/h2-12H,1H3,(H,22,23)(H,19,20,21). The predicted octanol–water partition coefficient (Wildman–Crippen LogP) is 3.85. The van der Waals surface area contributed by atoms with Gasteiger partial charge in [0.25, 0.3) is 0 Å². The molecule has 0 bridgehead atoms. The zero-order valence-electron chi connectivity index (χ0n) is 13.1. The molecule has 0 radical (unpaired) electrons. The van der Waals surface area contributed by atoms with Crippen LogP contribution in [0, 0.1) is 0 Å². The van der Waals surface area contributed by atoms with E-state index in [1.165, 1.54) is 0 Å². The quantitative estimate of drug-likeness (QED) is 0.598.